The van der Waals surface area contributed by atoms with Crippen LogP contribution >= 0.6 is 23.6 Å². The number of aromatic nitrogens is 1. The fourth-order valence-electron chi connectivity index (χ4n) is 3.74. The predicted octanol–water partition coefficient (Wildman–Crippen LogP) is 5.40. The van der Waals surface area contributed by atoms with E-state index in [0.29, 0.717) is 17.5 Å². The Balaban J connectivity index is 1.59. The molecule has 0 saturated carbocycles. The van der Waals surface area contributed by atoms with E-state index in [0.717, 1.165) is 53.8 Å². The van der Waals surface area contributed by atoms with E-state index in [1.54, 1.807) is 11.3 Å². The quantitative estimate of drug-likeness (QED) is 0.587. The number of hydrogen-bond acceptors (Lipinski definition) is 4. The number of nitrogens with zero attached hydrogens (tertiary/aromatic N) is 2. The van der Waals surface area contributed by atoms with Crippen LogP contribution in [0.2, 0.25) is 0 Å². The van der Waals surface area contributed by atoms with Gasteiger partial charge in [-0.15, -0.1) is 11.3 Å². The van der Waals surface area contributed by atoms with E-state index in [2.05, 4.69) is 56.2 Å². The summed E-state index contributed by atoms with van der Waals surface area (Å²) in [6.07, 6.45) is 2.01. The van der Waals surface area contributed by atoms with Crippen molar-refractivity contribution in [2.24, 2.45) is 5.92 Å². The summed E-state index contributed by atoms with van der Waals surface area (Å²) < 4.78 is 0. The Morgan fingerprint density at radius 2 is 1.94 bits per heavy atom. The van der Waals surface area contributed by atoms with Gasteiger partial charge in [0, 0.05) is 36.6 Å². The molecule has 31 heavy (non-hydrogen) atoms. The molecule has 1 aliphatic heterocycles. The van der Waals surface area contributed by atoms with Crippen LogP contribution in [0.5, 0.6) is 0 Å². The van der Waals surface area contributed by atoms with Gasteiger partial charge < -0.3 is 15.5 Å². The molecular formula is C24H34N4OS2. The first-order valence-electron chi connectivity index (χ1n) is 11.0. The van der Waals surface area contributed by atoms with Crippen LogP contribution in [-0.2, 0) is 5.41 Å². The molecule has 2 N–H and O–H groups in total. The van der Waals surface area contributed by atoms with Crippen LogP contribution in [0.25, 0.3) is 0 Å². The van der Waals surface area contributed by atoms with Crippen molar-refractivity contribution in [2.45, 2.75) is 58.8 Å². The minimum atomic E-state index is -0.143. The number of benzene rings is 1. The number of para-hydroxylation sites is 1. The molecule has 7 heteroatoms. The summed E-state index contributed by atoms with van der Waals surface area (Å²) in [5.41, 5.74) is 2.43. The molecule has 0 spiro atoms. The second kappa shape index (κ2) is 10.1. The number of hydrogen-bond donors (Lipinski definition) is 2. The van der Waals surface area contributed by atoms with Gasteiger partial charge in [0.2, 0.25) is 0 Å². The van der Waals surface area contributed by atoms with E-state index in [1.807, 2.05) is 23.6 Å². The van der Waals surface area contributed by atoms with Crippen molar-refractivity contribution in [3.63, 3.8) is 0 Å². The van der Waals surface area contributed by atoms with E-state index < -0.39 is 0 Å². The smallest absolute Gasteiger partial charge is 0.275 e. The summed E-state index contributed by atoms with van der Waals surface area (Å²) in [5, 5.41) is 10.2. The topological polar surface area (TPSA) is 57.3 Å². The minimum absolute atomic E-state index is 0.0459. The second-order valence-corrected chi connectivity index (χ2v) is 10.9. The van der Waals surface area contributed by atoms with Gasteiger partial charge in [0.1, 0.15) is 5.69 Å². The first-order chi connectivity index (χ1) is 14.6. The van der Waals surface area contributed by atoms with Gasteiger partial charge in [-0.25, -0.2) is 4.98 Å². The normalized spacial score (nSPS) is 15.2. The highest BCUT2D eigenvalue weighted by Crippen LogP contribution is 2.32. The summed E-state index contributed by atoms with van der Waals surface area (Å²) in [6.45, 7) is 13.6. The highest BCUT2D eigenvalue weighted by atomic mass is 32.1. The van der Waals surface area contributed by atoms with Crippen molar-refractivity contribution in [3.05, 3.63) is 45.9 Å². The molecule has 2 heterocycles. The summed E-state index contributed by atoms with van der Waals surface area (Å²) >= 11 is 7.12. The summed E-state index contributed by atoms with van der Waals surface area (Å²) in [6, 6.07) is 7.98. The zero-order valence-corrected chi connectivity index (χ0v) is 20.8. The van der Waals surface area contributed by atoms with E-state index in [-0.39, 0.29) is 11.3 Å². The average molecular weight is 459 g/mol. The number of nitrogens with one attached hydrogen (secondary N) is 2. The fourth-order valence-corrected chi connectivity index (χ4v) is 4.98. The van der Waals surface area contributed by atoms with Crippen LogP contribution in [-0.4, -0.2) is 40.5 Å². The standard InChI is InChI=1S/C24H34N4OS2/c1-16(2)14-25-23(30)28-12-10-17(11-13-28)22-27-20(15-31-22)21(29)26-19-9-7-6-8-18(19)24(3,4)5/h6-9,15-17H,10-14H2,1-5H3,(H,25,30)(H,26,29). The third-order valence-corrected chi connectivity index (χ3v) is 6.94. The van der Waals surface area contributed by atoms with Gasteiger partial charge in [-0.2, -0.15) is 0 Å². The number of piperidine rings is 1. The lowest BCUT2D eigenvalue weighted by Gasteiger charge is -2.33. The van der Waals surface area contributed by atoms with Crippen molar-refractivity contribution < 1.29 is 4.79 Å². The number of rotatable bonds is 5. The third kappa shape index (κ3) is 6.26. The predicted molar refractivity (Wildman–Crippen MR) is 134 cm³/mol. The van der Waals surface area contributed by atoms with Gasteiger partial charge in [-0.3, -0.25) is 4.79 Å². The zero-order chi connectivity index (χ0) is 22.6. The Bertz CT molecular complexity index is 908. The zero-order valence-electron chi connectivity index (χ0n) is 19.2. The molecule has 1 fully saturated rings. The fraction of sp³-hybridized carbons (Fsp3) is 0.542. The van der Waals surface area contributed by atoms with Crippen LogP contribution in [0.4, 0.5) is 5.69 Å². The number of anilines is 1. The summed E-state index contributed by atoms with van der Waals surface area (Å²) in [7, 11) is 0. The van der Waals surface area contributed by atoms with Gasteiger partial charge >= 0.3 is 0 Å². The highest BCUT2D eigenvalue weighted by Gasteiger charge is 2.26. The van der Waals surface area contributed by atoms with E-state index in [4.69, 9.17) is 17.2 Å². The Kier molecular flexibility index (Phi) is 7.70. The van der Waals surface area contributed by atoms with Gasteiger partial charge in [-0.1, -0.05) is 52.8 Å². The molecule has 0 bridgehead atoms. The van der Waals surface area contributed by atoms with Gasteiger partial charge in [0.15, 0.2) is 5.11 Å². The molecule has 168 valence electrons. The van der Waals surface area contributed by atoms with Crippen molar-refractivity contribution in [3.8, 4) is 0 Å². The van der Waals surface area contributed by atoms with Crippen LogP contribution in [0.1, 0.15) is 74.4 Å². The Morgan fingerprint density at radius 3 is 2.58 bits per heavy atom. The number of thiazole rings is 1. The maximum absolute atomic E-state index is 12.9. The van der Waals surface area contributed by atoms with Crippen LogP contribution in [0, 0.1) is 5.92 Å². The molecular weight excluding hydrogens is 424 g/mol. The van der Waals surface area contributed by atoms with Gasteiger partial charge in [-0.05, 0) is 48.0 Å². The monoisotopic (exact) mass is 458 g/mol. The third-order valence-electron chi connectivity index (χ3n) is 5.53. The molecule has 1 aromatic heterocycles. The first-order valence-corrected chi connectivity index (χ1v) is 12.3. The van der Waals surface area contributed by atoms with E-state index in [9.17, 15) is 4.79 Å². The molecule has 1 aromatic carbocycles. The van der Waals surface area contributed by atoms with Crippen molar-refractivity contribution in [2.75, 3.05) is 25.0 Å². The Hall–Kier alpha value is -1.99. The van der Waals surface area contributed by atoms with Crippen molar-refractivity contribution >= 4 is 40.3 Å². The Labute approximate surface area is 195 Å². The highest BCUT2D eigenvalue weighted by molar-refractivity contribution is 7.80. The first kappa shape index (κ1) is 23.7. The molecule has 1 amide bonds. The maximum Gasteiger partial charge on any atom is 0.275 e. The lowest BCUT2D eigenvalue weighted by atomic mass is 9.86. The number of likely N-dealkylation sites (tertiary alicyclic amines) is 1. The Morgan fingerprint density at radius 1 is 1.26 bits per heavy atom. The van der Waals surface area contributed by atoms with Crippen LogP contribution in [0.15, 0.2) is 29.6 Å². The number of amides is 1. The SMILES string of the molecule is CC(C)CNC(=S)N1CCC(c2nc(C(=O)Nc3ccccc3C(C)(C)C)cs2)CC1. The maximum atomic E-state index is 12.9. The average Bonchev–Trinajstić information content (AvgIpc) is 3.22. The van der Waals surface area contributed by atoms with Crippen LogP contribution in [0.3, 0.4) is 0 Å². The lowest BCUT2D eigenvalue weighted by Crippen LogP contribution is -2.44. The molecule has 0 unspecified atom stereocenters. The van der Waals surface area contributed by atoms with Crippen molar-refractivity contribution in [1.82, 2.24) is 15.2 Å². The van der Waals surface area contributed by atoms with E-state index >= 15 is 0 Å². The molecule has 0 aliphatic carbocycles. The van der Waals surface area contributed by atoms with Crippen LogP contribution < -0.4 is 10.6 Å². The van der Waals surface area contributed by atoms with Gasteiger partial charge in [0.05, 0.1) is 5.01 Å². The van der Waals surface area contributed by atoms with E-state index in [1.165, 1.54) is 0 Å². The molecule has 0 atom stereocenters. The number of carbonyl (C=O) groups is 1. The number of carbonyl (C=O) groups excluding carboxylic acids is 1. The molecule has 5 nitrogen and oxygen atoms in total. The molecule has 2 aromatic rings. The summed E-state index contributed by atoms with van der Waals surface area (Å²) in [5.74, 6) is 0.819. The van der Waals surface area contributed by atoms with Gasteiger partial charge in [0.25, 0.3) is 5.91 Å². The second-order valence-electron chi connectivity index (χ2n) is 9.66. The molecule has 1 aliphatic rings. The largest absolute Gasteiger partial charge is 0.362 e. The molecule has 3 rings (SSSR count). The lowest BCUT2D eigenvalue weighted by molar-refractivity contribution is 0.102. The molecule has 1 saturated heterocycles. The van der Waals surface area contributed by atoms with Crippen molar-refractivity contribution in [1.29, 1.82) is 0 Å². The summed E-state index contributed by atoms with van der Waals surface area (Å²) in [4.78, 5) is 19.8. The molecule has 0 radical (unpaired) electrons. The number of thiocarbonyl (C=S) groups is 1. The minimum Gasteiger partial charge on any atom is -0.362 e.